The van der Waals surface area contributed by atoms with E-state index in [9.17, 15) is 9.59 Å². The molecular formula is C15H16ClN5O2. The first-order valence-electron chi connectivity index (χ1n) is 7.26. The molecule has 0 atom stereocenters. The van der Waals surface area contributed by atoms with E-state index in [0.29, 0.717) is 40.8 Å². The van der Waals surface area contributed by atoms with Crippen LogP contribution in [0.4, 0.5) is 5.69 Å². The highest BCUT2D eigenvalue weighted by molar-refractivity contribution is 6.31. The average Bonchev–Trinajstić information content (AvgIpc) is 2.93. The number of benzene rings is 1. The van der Waals surface area contributed by atoms with Gasteiger partial charge in [-0.25, -0.2) is 9.78 Å². The van der Waals surface area contributed by atoms with Gasteiger partial charge in [0.1, 0.15) is 11.3 Å². The highest BCUT2D eigenvalue weighted by Gasteiger charge is 2.17. The van der Waals surface area contributed by atoms with E-state index in [2.05, 4.69) is 9.97 Å². The van der Waals surface area contributed by atoms with Crippen molar-refractivity contribution >= 4 is 28.5 Å². The van der Waals surface area contributed by atoms with E-state index in [1.165, 1.54) is 9.13 Å². The molecule has 8 heteroatoms. The van der Waals surface area contributed by atoms with Gasteiger partial charge in [-0.1, -0.05) is 11.6 Å². The number of halogens is 1. The Hall–Kier alpha value is -2.54. The second-order valence-corrected chi connectivity index (χ2v) is 5.53. The Bertz CT molecular complexity index is 1020. The topological polar surface area (TPSA) is 98.7 Å². The molecule has 0 bridgehead atoms. The molecule has 0 unspecified atom stereocenters. The predicted molar refractivity (Wildman–Crippen MR) is 90.8 cm³/mol. The number of aryl methyl sites for hydroxylation is 1. The molecule has 1 aromatic carbocycles. The molecule has 23 heavy (non-hydrogen) atoms. The third kappa shape index (κ3) is 2.33. The van der Waals surface area contributed by atoms with Gasteiger partial charge in [-0.15, -0.1) is 0 Å². The van der Waals surface area contributed by atoms with E-state index in [-0.39, 0.29) is 16.8 Å². The number of aromatic nitrogens is 4. The van der Waals surface area contributed by atoms with Crippen LogP contribution in [-0.4, -0.2) is 19.1 Å². The van der Waals surface area contributed by atoms with Gasteiger partial charge in [0.25, 0.3) is 5.56 Å². The summed E-state index contributed by atoms with van der Waals surface area (Å²) in [6.45, 7) is 4.29. The number of rotatable bonds is 3. The van der Waals surface area contributed by atoms with E-state index < -0.39 is 0 Å². The van der Waals surface area contributed by atoms with Crippen LogP contribution in [0.15, 0.2) is 27.8 Å². The lowest BCUT2D eigenvalue weighted by Gasteiger charge is -2.06. The molecule has 0 saturated heterocycles. The Morgan fingerprint density at radius 3 is 2.52 bits per heavy atom. The van der Waals surface area contributed by atoms with Crippen molar-refractivity contribution in [3.05, 3.63) is 44.1 Å². The number of fused-ring (bicyclic) bond motifs is 1. The number of hydrogen-bond donors (Lipinski definition) is 2. The zero-order valence-corrected chi connectivity index (χ0v) is 13.5. The van der Waals surface area contributed by atoms with Crippen LogP contribution >= 0.6 is 11.6 Å². The minimum atomic E-state index is -0.386. The number of hydrogen-bond acceptors (Lipinski definition) is 4. The summed E-state index contributed by atoms with van der Waals surface area (Å²) in [7, 11) is 0. The first kappa shape index (κ1) is 15.4. The van der Waals surface area contributed by atoms with E-state index in [4.69, 9.17) is 17.3 Å². The summed E-state index contributed by atoms with van der Waals surface area (Å²) in [5.74, 6) is 0.432. The SMILES string of the molecule is CCn1c(=O)c2[nH]c(-c3ccc(Cl)cc3N)nc2n(CC)c1=O. The smallest absolute Gasteiger partial charge is 0.332 e. The summed E-state index contributed by atoms with van der Waals surface area (Å²) in [6, 6.07) is 5.03. The summed E-state index contributed by atoms with van der Waals surface area (Å²) in [6.07, 6.45) is 0. The van der Waals surface area contributed by atoms with Gasteiger partial charge in [-0.2, -0.15) is 0 Å². The molecule has 0 saturated carbocycles. The lowest BCUT2D eigenvalue weighted by molar-refractivity contribution is 0.606. The van der Waals surface area contributed by atoms with Crippen LogP contribution in [0.2, 0.25) is 5.02 Å². The number of anilines is 1. The molecule has 3 N–H and O–H groups in total. The molecule has 2 heterocycles. The largest absolute Gasteiger partial charge is 0.398 e. The number of aromatic amines is 1. The highest BCUT2D eigenvalue weighted by atomic mass is 35.5. The van der Waals surface area contributed by atoms with Gasteiger partial charge < -0.3 is 10.7 Å². The van der Waals surface area contributed by atoms with Crippen LogP contribution in [0, 0.1) is 0 Å². The number of nitrogens with one attached hydrogen (secondary N) is 1. The number of nitrogens with zero attached hydrogens (tertiary/aromatic N) is 3. The van der Waals surface area contributed by atoms with Crippen LogP contribution < -0.4 is 17.0 Å². The van der Waals surface area contributed by atoms with Gasteiger partial charge in [0.05, 0.1) is 0 Å². The van der Waals surface area contributed by atoms with Crippen LogP contribution in [0.25, 0.3) is 22.6 Å². The first-order valence-corrected chi connectivity index (χ1v) is 7.64. The van der Waals surface area contributed by atoms with Crippen LogP contribution in [0.1, 0.15) is 13.8 Å². The first-order chi connectivity index (χ1) is 11.0. The van der Waals surface area contributed by atoms with Crippen molar-refractivity contribution in [3.8, 4) is 11.4 Å². The van der Waals surface area contributed by atoms with Gasteiger partial charge in [-0.3, -0.25) is 13.9 Å². The number of nitrogen functional groups attached to an aromatic ring is 1. The van der Waals surface area contributed by atoms with E-state index >= 15 is 0 Å². The van der Waals surface area contributed by atoms with Crippen molar-refractivity contribution < 1.29 is 0 Å². The maximum atomic E-state index is 12.5. The van der Waals surface area contributed by atoms with Crippen molar-refractivity contribution in [2.75, 3.05) is 5.73 Å². The molecule has 2 aromatic heterocycles. The molecule has 7 nitrogen and oxygen atoms in total. The molecule has 3 aromatic rings. The molecule has 120 valence electrons. The summed E-state index contributed by atoms with van der Waals surface area (Å²) in [5.41, 5.74) is 6.91. The molecule has 0 radical (unpaired) electrons. The minimum Gasteiger partial charge on any atom is -0.398 e. The molecule has 3 rings (SSSR count). The maximum Gasteiger partial charge on any atom is 0.332 e. The lowest BCUT2D eigenvalue weighted by atomic mass is 10.2. The second-order valence-electron chi connectivity index (χ2n) is 5.09. The Labute approximate surface area is 136 Å². The van der Waals surface area contributed by atoms with Crippen molar-refractivity contribution in [2.24, 2.45) is 0 Å². The third-order valence-electron chi connectivity index (χ3n) is 3.76. The van der Waals surface area contributed by atoms with Gasteiger partial charge in [-0.05, 0) is 32.0 Å². The van der Waals surface area contributed by atoms with E-state index in [0.717, 1.165) is 0 Å². The third-order valence-corrected chi connectivity index (χ3v) is 4.00. The molecule has 0 fully saturated rings. The fraction of sp³-hybridized carbons (Fsp3) is 0.267. The summed E-state index contributed by atoms with van der Waals surface area (Å²) in [4.78, 5) is 32.2. The van der Waals surface area contributed by atoms with Crippen LogP contribution in [0.3, 0.4) is 0 Å². The monoisotopic (exact) mass is 333 g/mol. The van der Waals surface area contributed by atoms with E-state index in [1.54, 1.807) is 25.1 Å². The molecule has 0 aliphatic rings. The standard InChI is InChI=1S/C15H16ClN5O2/c1-3-20-13-11(14(22)21(4-2)15(20)23)18-12(19-13)9-6-5-8(16)7-10(9)17/h5-7H,3-4,17H2,1-2H3,(H,18,19). The van der Waals surface area contributed by atoms with Crippen molar-refractivity contribution in [1.29, 1.82) is 0 Å². The van der Waals surface area contributed by atoms with Crippen molar-refractivity contribution in [1.82, 2.24) is 19.1 Å². The summed E-state index contributed by atoms with van der Waals surface area (Å²) in [5, 5.41) is 0.515. The Balaban J connectivity index is 2.37. The molecule has 0 amide bonds. The lowest BCUT2D eigenvalue weighted by Crippen LogP contribution is -2.39. The van der Waals surface area contributed by atoms with Crippen molar-refractivity contribution in [2.45, 2.75) is 26.9 Å². The number of imidazole rings is 1. The molecule has 0 aliphatic carbocycles. The number of H-pyrrole nitrogens is 1. The Kier molecular flexibility index (Phi) is 3.73. The molecule has 0 spiro atoms. The average molecular weight is 334 g/mol. The van der Waals surface area contributed by atoms with Crippen LogP contribution in [0.5, 0.6) is 0 Å². The fourth-order valence-electron chi connectivity index (χ4n) is 2.61. The second kappa shape index (κ2) is 5.58. The Morgan fingerprint density at radius 1 is 1.22 bits per heavy atom. The fourth-order valence-corrected chi connectivity index (χ4v) is 2.79. The van der Waals surface area contributed by atoms with Gasteiger partial charge in [0.15, 0.2) is 5.65 Å². The predicted octanol–water partition coefficient (Wildman–Crippen LogP) is 1.83. The summed E-state index contributed by atoms with van der Waals surface area (Å²) < 4.78 is 2.64. The summed E-state index contributed by atoms with van der Waals surface area (Å²) >= 11 is 5.91. The highest BCUT2D eigenvalue weighted by Crippen LogP contribution is 2.27. The normalized spacial score (nSPS) is 11.3. The zero-order valence-electron chi connectivity index (χ0n) is 12.8. The van der Waals surface area contributed by atoms with Gasteiger partial charge >= 0.3 is 5.69 Å². The minimum absolute atomic E-state index is 0.289. The Morgan fingerprint density at radius 2 is 1.91 bits per heavy atom. The van der Waals surface area contributed by atoms with Gasteiger partial charge in [0, 0.05) is 29.4 Å². The van der Waals surface area contributed by atoms with Gasteiger partial charge in [0.2, 0.25) is 0 Å². The van der Waals surface area contributed by atoms with E-state index in [1.807, 2.05) is 6.92 Å². The molecular weight excluding hydrogens is 318 g/mol. The number of nitrogens with two attached hydrogens (primary N) is 1. The maximum absolute atomic E-state index is 12.5. The quantitative estimate of drug-likeness (QED) is 0.714. The van der Waals surface area contributed by atoms with Crippen LogP contribution in [-0.2, 0) is 13.1 Å². The molecule has 0 aliphatic heterocycles. The zero-order chi connectivity index (χ0) is 16.7. The van der Waals surface area contributed by atoms with Crippen molar-refractivity contribution in [3.63, 3.8) is 0 Å².